The van der Waals surface area contributed by atoms with Gasteiger partial charge in [0, 0.05) is 6.54 Å². The van der Waals surface area contributed by atoms with E-state index in [9.17, 15) is 4.79 Å². The molecule has 0 aromatic carbocycles. The molecule has 2 heterocycles. The van der Waals surface area contributed by atoms with Gasteiger partial charge in [-0.1, -0.05) is 13.3 Å². The molecular formula is C13H25N3O3. The Morgan fingerprint density at radius 2 is 2.05 bits per heavy atom. The first kappa shape index (κ1) is 14.6. The van der Waals surface area contributed by atoms with Gasteiger partial charge in [0.15, 0.2) is 0 Å². The molecule has 110 valence electrons. The molecule has 2 fully saturated rings. The van der Waals surface area contributed by atoms with Crippen LogP contribution >= 0.6 is 0 Å². The molecule has 2 N–H and O–H groups in total. The van der Waals surface area contributed by atoms with Crippen molar-refractivity contribution in [3.63, 3.8) is 0 Å². The molecule has 6 nitrogen and oxygen atoms in total. The zero-order chi connectivity index (χ0) is 13.7. The van der Waals surface area contributed by atoms with Gasteiger partial charge in [-0.3, -0.25) is 9.74 Å². The number of ether oxygens (including phenoxy) is 1. The lowest BCUT2D eigenvalue weighted by Crippen LogP contribution is -2.43. The van der Waals surface area contributed by atoms with E-state index in [1.165, 1.54) is 12.8 Å². The molecule has 6 heteroatoms. The van der Waals surface area contributed by atoms with Crippen LogP contribution in [0.4, 0.5) is 4.79 Å². The first-order valence-corrected chi connectivity index (χ1v) is 7.27. The second-order valence-corrected chi connectivity index (χ2v) is 5.36. The number of likely N-dealkylation sites (tertiary alicyclic amines) is 2. The molecule has 2 aliphatic rings. The quantitative estimate of drug-likeness (QED) is 0.596. The summed E-state index contributed by atoms with van der Waals surface area (Å²) in [6.45, 7) is 5.90. The smallest absolute Gasteiger partial charge is 0.409 e. The Hall–Kier alpha value is -0.850. The highest BCUT2D eigenvalue weighted by Crippen LogP contribution is 2.22. The molecule has 2 rings (SSSR count). The fourth-order valence-electron chi connectivity index (χ4n) is 2.86. The van der Waals surface area contributed by atoms with E-state index in [2.05, 4.69) is 11.8 Å². The molecule has 0 radical (unpaired) electrons. The van der Waals surface area contributed by atoms with Gasteiger partial charge < -0.3 is 9.64 Å². The highest BCUT2D eigenvalue weighted by Gasteiger charge is 2.40. The molecule has 0 aliphatic carbocycles. The van der Waals surface area contributed by atoms with Gasteiger partial charge in [0.1, 0.15) is 6.10 Å². The molecule has 0 spiro atoms. The van der Waals surface area contributed by atoms with Crippen LogP contribution in [0.5, 0.6) is 0 Å². The third-order valence-electron chi connectivity index (χ3n) is 4.00. The molecule has 2 atom stereocenters. The van der Waals surface area contributed by atoms with E-state index in [-0.39, 0.29) is 18.2 Å². The van der Waals surface area contributed by atoms with E-state index in [1.54, 1.807) is 4.90 Å². The lowest BCUT2D eigenvalue weighted by molar-refractivity contribution is 0.0152. The van der Waals surface area contributed by atoms with E-state index < -0.39 is 0 Å². The summed E-state index contributed by atoms with van der Waals surface area (Å²) < 4.78 is 5.24. The third kappa shape index (κ3) is 3.58. The van der Waals surface area contributed by atoms with Crippen LogP contribution in [0.2, 0.25) is 0 Å². The van der Waals surface area contributed by atoms with Crippen molar-refractivity contribution in [3.05, 3.63) is 0 Å². The molecular weight excluding hydrogens is 246 g/mol. The van der Waals surface area contributed by atoms with Gasteiger partial charge >= 0.3 is 6.09 Å². The number of nitrogens with two attached hydrogens (primary N) is 1. The molecule has 2 saturated heterocycles. The topological polar surface area (TPSA) is 68.0 Å². The van der Waals surface area contributed by atoms with Crippen LogP contribution in [-0.4, -0.2) is 60.8 Å². The van der Waals surface area contributed by atoms with Crippen molar-refractivity contribution in [2.45, 2.75) is 44.8 Å². The van der Waals surface area contributed by atoms with Crippen LogP contribution in [0.25, 0.3) is 0 Å². The molecule has 1 amide bonds. The second kappa shape index (κ2) is 7.07. The highest BCUT2D eigenvalue weighted by atomic mass is 16.6. The van der Waals surface area contributed by atoms with Crippen molar-refractivity contribution in [2.24, 2.45) is 5.90 Å². The fraction of sp³-hybridized carbons (Fsp3) is 0.923. The van der Waals surface area contributed by atoms with E-state index >= 15 is 0 Å². The van der Waals surface area contributed by atoms with Crippen molar-refractivity contribution in [3.8, 4) is 0 Å². The van der Waals surface area contributed by atoms with Crippen molar-refractivity contribution >= 4 is 6.09 Å². The summed E-state index contributed by atoms with van der Waals surface area (Å²) in [5.74, 6) is 5.37. The Bertz CT molecular complexity index is 295. The predicted octanol–water partition coefficient (Wildman–Crippen LogP) is 0.962. The molecule has 0 saturated carbocycles. The van der Waals surface area contributed by atoms with Crippen LogP contribution in [-0.2, 0) is 9.57 Å². The number of carbonyl (C=O) groups excluding carboxylic acids is 1. The second-order valence-electron chi connectivity index (χ2n) is 5.36. The Morgan fingerprint density at radius 3 is 2.68 bits per heavy atom. The van der Waals surface area contributed by atoms with Crippen molar-refractivity contribution in [2.75, 3.05) is 32.8 Å². The van der Waals surface area contributed by atoms with E-state index in [4.69, 9.17) is 15.5 Å². The molecule has 19 heavy (non-hydrogen) atoms. The van der Waals surface area contributed by atoms with Gasteiger partial charge in [-0.2, -0.15) is 0 Å². The predicted molar refractivity (Wildman–Crippen MR) is 71.5 cm³/mol. The standard InChI is InChI=1S/C13H25N3O3/c1-2-3-8-18-13(17)16-9-11(12(10-16)19-14)15-6-4-5-7-15/h11-12H,2-10,14H2,1H3. The van der Waals surface area contributed by atoms with E-state index in [0.717, 1.165) is 25.9 Å². The summed E-state index contributed by atoms with van der Waals surface area (Å²) in [7, 11) is 0. The van der Waals surface area contributed by atoms with Gasteiger partial charge in [-0.15, -0.1) is 0 Å². The summed E-state index contributed by atoms with van der Waals surface area (Å²) in [6, 6.07) is 0.214. The van der Waals surface area contributed by atoms with Crippen molar-refractivity contribution in [1.82, 2.24) is 9.80 Å². The lowest BCUT2D eigenvalue weighted by atomic mass is 10.2. The number of nitrogens with zero attached hydrogens (tertiary/aromatic N) is 2. The fourth-order valence-corrected chi connectivity index (χ4v) is 2.86. The Labute approximate surface area is 114 Å². The Balaban J connectivity index is 1.85. The van der Waals surface area contributed by atoms with Gasteiger partial charge in [-0.25, -0.2) is 10.7 Å². The minimum atomic E-state index is -0.239. The first-order valence-electron chi connectivity index (χ1n) is 7.27. The SMILES string of the molecule is CCCCOC(=O)N1CC(ON)C(N2CCCC2)C1. The summed E-state index contributed by atoms with van der Waals surface area (Å²) in [5.41, 5.74) is 0. The van der Waals surface area contributed by atoms with Crippen LogP contribution in [0.3, 0.4) is 0 Å². The monoisotopic (exact) mass is 271 g/mol. The summed E-state index contributed by atoms with van der Waals surface area (Å²) in [6.07, 6.45) is 4.03. The summed E-state index contributed by atoms with van der Waals surface area (Å²) in [4.78, 5) is 21.1. The maximum absolute atomic E-state index is 11.9. The maximum atomic E-state index is 11.9. The van der Waals surface area contributed by atoms with Crippen LogP contribution in [0, 0.1) is 0 Å². The Morgan fingerprint density at radius 1 is 1.32 bits per heavy atom. The number of carbonyl (C=O) groups is 1. The number of rotatable bonds is 5. The van der Waals surface area contributed by atoms with Crippen molar-refractivity contribution in [1.29, 1.82) is 0 Å². The van der Waals surface area contributed by atoms with Crippen LogP contribution in [0.15, 0.2) is 0 Å². The molecule has 2 aliphatic heterocycles. The maximum Gasteiger partial charge on any atom is 0.409 e. The van der Waals surface area contributed by atoms with E-state index in [0.29, 0.717) is 19.7 Å². The molecule has 0 bridgehead atoms. The molecule has 2 unspecified atom stereocenters. The number of hydrogen-bond donors (Lipinski definition) is 1. The molecule has 0 aromatic heterocycles. The average molecular weight is 271 g/mol. The lowest BCUT2D eigenvalue weighted by Gasteiger charge is -2.26. The summed E-state index contributed by atoms with van der Waals surface area (Å²) >= 11 is 0. The molecule has 0 aromatic rings. The number of unbranched alkanes of at least 4 members (excludes halogenated alkanes) is 1. The van der Waals surface area contributed by atoms with Gasteiger partial charge in [-0.05, 0) is 32.4 Å². The zero-order valence-corrected chi connectivity index (χ0v) is 11.7. The zero-order valence-electron chi connectivity index (χ0n) is 11.7. The van der Waals surface area contributed by atoms with Crippen LogP contribution < -0.4 is 5.90 Å². The van der Waals surface area contributed by atoms with Crippen molar-refractivity contribution < 1.29 is 14.4 Å². The average Bonchev–Trinajstić information content (AvgIpc) is 3.07. The minimum absolute atomic E-state index is 0.100. The van der Waals surface area contributed by atoms with Gasteiger partial charge in [0.25, 0.3) is 0 Å². The Kier molecular flexibility index (Phi) is 5.42. The van der Waals surface area contributed by atoms with Gasteiger partial charge in [0.2, 0.25) is 0 Å². The number of amides is 1. The third-order valence-corrected chi connectivity index (χ3v) is 4.00. The van der Waals surface area contributed by atoms with Crippen LogP contribution in [0.1, 0.15) is 32.6 Å². The number of hydrogen-bond acceptors (Lipinski definition) is 5. The first-order chi connectivity index (χ1) is 9.26. The highest BCUT2D eigenvalue weighted by molar-refractivity contribution is 5.68. The minimum Gasteiger partial charge on any atom is -0.449 e. The normalized spacial score (nSPS) is 28.0. The largest absolute Gasteiger partial charge is 0.449 e. The summed E-state index contributed by atoms with van der Waals surface area (Å²) in [5, 5.41) is 0. The van der Waals surface area contributed by atoms with E-state index in [1.807, 2.05) is 0 Å². The van der Waals surface area contributed by atoms with Gasteiger partial charge in [0.05, 0.1) is 19.2 Å².